The first-order valence-corrected chi connectivity index (χ1v) is 7.61. The lowest BCUT2D eigenvalue weighted by Gasteiger charge is -2.49. The number of hydrogen-bond acceptors (Lipinski definition) is 4. The molecule has 1 fully saturated rings. The molecule has 1 N–H and O–H groups in total. The van der Waals surface area contributed by atoms with Crippen LogP contribution in [0.5, 0.6) is 0 Å². The van der Waals surface area contributed by atoms with Gasteiger partial charge in [0.1, 0.15) is 0 Å². The van der Waals surface area contributed by atoms with Gasteiger partial charge in [-0.2, -0.15) is 0 Å². The summed E-state index contributed by atoms with van der Waals surface area (Å²) >= 11 is 0. The van der Waals surface area contributed by atoms with Gasteiger partial charge in [-0.25, -0.2) is 0 Å². The van der Waals surface area contributed by atoms with E-state index in [4.69, 9.17) is 0 Å². The Morgan fingerprint density at radius 3 is 2.62 bits per heavy atom. The molecule has 0 spiro atoms. The van der Waals surface area contributed by atoms with Crippen molar-refractivity contribution < 1.29 is 4.79 Å². The van der Waals surface area contributed by atoms with Crippen molar-refractivity contribution in [3.05, 3.63) is 24.0 Å². The Kier molecular flexibility index (Phi) is 4.83. The van der Waals surface area contributed by atoms with Gasteiger partial charge < -0.3 is 15.1 Å². The molecule has 0 unspecified atom stereocenters. The molecule has 0 atom stereocenters. The van der Waals surface area contributed by atoms with Crippen LogP contribution in [-0.2, 0) is 0 Å². The van der Waals surface area contributed by atoms with Crippen LogP contribution in [0.15, 0.2) is 18.5 Å². The van der Waals surface area contributed by atoms with Crippen LogP contribution < -0.4 is 5.32 Å². The third-order valence-electron chi connectivity index (χ3n) is 4.53. The highest BCUT2D eigenvalue weighted by molar-refractivity contribution is 5.99. The Morgan fingerprint density at radius 2 is 2.10 bits per heavy atom. The summed E-state index contributed by atoms with van der Waals surface area (Å²) in [5, 5.41) is 3.23. The molecule has 116 valence electrons. The number of carbonyl (C=O) groups excluding carboxylic acids is 1. The number of anilines is 1. The van der Waals surface area contributed by atoms with Crippen molar-refractivity contribution in [3.63, 3.8) is 0 Å². The number of pyridine rings is 1. The SMILES string of the molecule is CCNc1ccncc1C(=O)N(C)CC1(N(C)C)CCC1. The Hall–Kier alpha value is -1.62. The van der Waals surface area contributed by atoms with Gasteiger partial charge in [-0.1, -0.05) is 0 Å². The Balaban J connectivity index is 2.12. The summed E-state index contributed by atoms with van der Waals surface area (Å²) in [6.45, 7) is 3.57. The predicted octanol–water partition coefficient (Wildman–Crippen LogP) is 2.07. The zero-order valence-corrected chi connectivity index (χ0v) is 13.5. The zero-order chi connectivity index (χ0) is 15.5. The van der Waals surface area contributed by atoms with Crippen molar-refractivity contribution in [2.45, 2.75) is 31.7 Å². The van der Waals surface area contributed by atoms with Crippen molar-refractivity contribution >= 4 is 11.6 Å². The number of amides is 1. The van der Waals surface area contributed by atoms with Gasteiger partial charge in [-0.15, -0.1) is 0 Å². The summed E-state index contributed by atoms with van der Waals surface area (Å²) in [4.78, 5) is 20.9. The highest BCUT2D eigenvalue weighted by Gasteiger charge is 2.40. The lowest BCUT2D eigenvalue weighted by molar-refractivity contribution is 0.0253. The van der Waals surface area contributed by atoms with Crippen LogP contribution in [0.3, 0.4) is 0 Å². The van der Waals surface area contributed by atoms with Gasteiger partial charge in [0.15, 0.2) is 0 Å². The molecule has 21 heavy (non-hydrogen) atoms. The van der Waals surface area contributed by atoms with Gasteiger partial charge in [0.2, 0.25) is 0 Å². The number of nitrogens with one attached hydrogen (secondary N) is 1. The zero-order valence-electron chi connectivity index (χ0n) is 13.5. The molecule has 0 bridgehead atoms. The van der Waals surface area contributed by atoms with Crippen molar-refractivity contribution in [1.82, 2.24) is 14.8 Å². The van der Waals surface area contributed by atoms with Crippen LogP contribution in [0, 0.1) is 0 Å². The lowest BCUT2D eigenvalue weighted by Crippen LogP contribution is -2.57. The number of carbonyl (C=O) groups is 1. The molecular formula is C16H26N4O. The van der Waals surface area contributed by atoms with E-state index in [1.165, 1.54) is 6.42 Å². The number of hydrogen-bond donors (Lipinski definition) is 1. The highest BCUT2D eigenvalue weighted by atomic mass is 16.2. The van der Waals surface area contributed by atoms with Crippen molar-refractivity contribution in [2.24, 2.45) is 0 Å². The number of aromatic nitrogens is 1. The summed E-state index contributed by atoms with van der Waals surface area (Å²) in [5.41, 5.74) is 1.65. The van der Waals surface area contributed by atoms with Crippen LogP contribution in [-0.4, -0.2) is 60.5 Å². The first-order chi connectivity index (χ1) is 10.00. The quantitative estimate of drug-likeness (QED) is 0.871. The summed E-state index contributed by atoms with van der Waals surface area (Å²) in [6, 6.07) is 1.86. The molecule has 2 rings (SSSR count). The maximum Gasteiger partial charge on any atom is 0.257 e. The smallest absolute Gasteiger partial charge is 0.257 e. The minimum Gasteiger partial charge on any atom is -0.385 e. The van der Waals surface area contributed by atoms with E-state index in [0.29, 0.717) is 5.56 Å². The average molecular weight is 290 g/mol. The largest absolute Gasteiger partial charge is 0.385 e. The van der Waals surface area contributed by atoms with Crippen LogP contribution in [0.1, 0.15) is 36.5 Å². The fourth-order valence-corrected chi connectivity index (χ4v) is 2.96. The molecule has 5 heteroatoms. The number of likely N-dealkylation sites (N-methyl/N-ethyl adjacent to an activating group) is 2. The first kappa shape index (κ1) is 15.8. The van der Waals surface area contributed by atoms with E-state index in [-0.39, 0.29) is 11.4 Å². The monoisotopic (exact) mass is 290 g/mol. The standard InChI is InChI=1S/C16H26N4O/c1-5-18-14-7-10-17-11-13(14)15(21)20(4)12-16(19(2)3)8-6-9-16/h7,10-11H,5-6,8-9,12H2,1-4H3,(H,17,18). The van der Waals surface area contributed by atoms with Gasteiger partial charge in [0, 0.05) is 38.1 Å². The molecule has 1 heterocycles. The third-order valence-corrected chi connectivity index (χ3v) is 4.53. The topological polar surface area (TPSA) is 48.5 Å². The van der Waals surface area contributed by atoms with E-state index in [9.17, 15) is 4.79 Å². The van der Waals surface area contributed by atoms with E-state index < -0.39 is 0 Å². The number of nitrogens with zero attached hydrogens (tertiary/aromatic N) is 3. The lowest BCUT2D eigenvalue weighted by atomic mass is 9.75. The van der Waals surface area contributed by atoms with E-state index >= 15 is 0 Å². The van der Waals surface area contributed by atoms with Gasteiger partial charge in [0.25, 0.3) is 5.91 Å². The first-order valence-electron chi connectivity index (χ1n) is 7.61. The summed E-state index contributed by atoms with van der Waals surface area (Å²) in [5.74, 6) is 0.0344. The molecule has 1 amide bonds. The number of rotatable bonds is 6. The fourth-order valence-electron chi connectivity index (χ4n) is 2.96. The molecule has 0 saturated heterocycles. The average Bonchev–Trinajstić information content (AvgIpc) is 2.42. The van der Waals surface area contributed by atoms with E-state index in [2.05, 4.69) is 29.3 Å². The minimum atomic E-state index is 0.0344. The summed E-state index contributed by atoms with van der Waals surface area (Å²) in [6.07, 6.45) is 6.92. The molecule has 1 aliphatic rings. The maximum absolute atomic E-state index is 12.7. The molecule has 1 aromatic rings. The second-order valence-corrected chi connectivity index (χ2v) is 6.09. The Bertz CT molecular complexity index is 497. The van der Waals surface area contributed by atoms with E-state index in [0.717, 1.165) is 31.6 Å². The van der Waals surface area contributed by atoms with Gasteiger partial charge in [-0.3, -0.25) is 9.78 Å². The molecule has 0 radical (unpaired) electrons. The molecule has 1 aromatic heterocycles. The van der Waals surface area contributed by atoms with Crippen molar-refractivity contribution in [3.8, 4) is 0 Å². The molecule has 5 nitrogen and oxygen atoms in total. The highest BCUT2D eigenvalue weighted by Crippen LogP contribution is 2.36. The van der Waals surface area contributed by atoms with Crippen LogP contribution in [0.2, 0.25) is 0 Å². The van der Waals surface area contributed by atoms with E-state index in [1.54, 1.807) is 12.4 Å². The minimum absolute atomic E-state index is 0.0344. The summed E-state index contributed by atoms with van der Waals surface area (Å²) in [7, 11) is 6.09. The van der Waals surface area contributed by atoms with Crippen LogP contribution >= 0.6 is 0 Å². The van der Waals surface area contributed by atoms with Gasteiger partial charge in [0.05, 0.1) is 11.3 Å². The summed E-state index contributed by atoms with van der Waals surface area (Å²) < 4.78 is 0. The molecule has 0 aliphatic heterocycles. The predicted molar refractivity (Wildman–Crippen MR) is 85.6 cm³/mol. The fraction of sp³-hybridized carbons (Fsp3) is 0.625. The second kappa shape index (κ2) is 6.43. The van der Waals surface area contributed by atoms with E-state index in [1.807, 2.05) is 24.9 Å². The van der Waals surface area contributed by atoms with Gasteiger partial charge >= 0.3 is 0 Å². The molecule has 1 saturated carbocycles. The Morgan fingerprint density at radius 1 is 1.38 bits per heavy atom. The normalized spacial score (nSPS) is 16.4. The van der Waals surface area contributed by atoms with Gasteiger partial charge in [-0.05, 0) is 46.3 Å². The second-order valence-electron chi connectivity index (χ2n) is 6.09. The van der Waals surface area contributed by atoms with Crippen LogP contribution in [0.4, 0.5) is 5.69 Å². The van der Waals surface area contributed by atoms with Crippen molar-refractivity contribution in [1.29, 1.82) is 0 Å². The molecule has 0 aromatic carbocycles. The molecular weight excluding hydrogens is 264 g/mol. The van der Waals surface area contributed by atoms with Crippen LogP contribution in [0.25, 0.3) is 0 Å². The van der Waals surface area contributed by atoms with Crippen molar-refractivity contribution in [2.75, 3.05) is 39.5 Å². The third kappa shape index (κ3) is 3.18. The Labute approximate surface area is 127 Å². The maximum atomic E-state index is 12.7. The molecule has 1 aliphatic carbocycles.